The average Bonchev–Trinajstić information content (AvgIpc) is 3.43. The fourth-order valence-electron chi connectivity index (χ4n) is 3.57. The first-order valence-electron chi connectivity index (χ1n) is 11.1. The molecule has 6 N–H and O–H groups in total. The minimum absolute atomic E-state index is 0.218. The molecule has 1 saturated carbocycles. The van der Waals surface area contributed by atoms with E-state index in [4.69, 9.17) is 5.73 Å². The van der Waals surface area contributed by atoms with E-state index in [1.165, 1.54) is 6.92 Å². The predicted octanol–water partition coefficient (Wildman–Crippen LogP) is 0.308. The van der Waals surface area contributed by atoms with E-state index in [1.54, 1.807) is 6.92 Å². The highest BCUT2D eigenvalue weighted by Crippen LogP contribution is 2.44. The first kappa shape index (κ1) is 26.8. The first-order valence-corrected chi connectivity index (χ1v) is 11.1. The van der Waals surface area contributed by atoms with Gasteiger partial charge in [0.25, 0.3) is 0 Å². The Kier molecular flexibility index (Phi) is 10.8. The molecular weight excluding hydrogens is 400 g/mol. The molecule has 0 spiro atoms. The molecule has 0 aromatic rings. The van der Waals surface area contributed by atoms with Gasteiger partial charge in [-0.25, -0.2) is 0 Å². The summed E-state index contributed by atoms with van der Waals surface area (Å²) in [6.45, 7) is 8.59. The summed E-state index contributed by atoms with van der Waals surface area (Å²) in [6.07, 6.45) is 4.58. The summed E-state index contributed by atoms with van der Waals surface area (Å²) in [4.78, 5) is 49.3. The Labute approximate surface area is 184 Å². The molecule has 0 heterocycles. The lowest BCUT2D eigenvalue weighted by Crippen LogP contribution is -2.58. The number of hydrogen-bond donors (Lipinski definition) is 5. The predicted molar refractivity (Wildman–Crippen MR) is 118 cm³/mol. The van der Waals surface area contributed by atoms with Crippen LogP contribution in [0.25, 0.3) is 0 Å². The highest BCUT2D eigenvalue weighted by molar-refractivity contribution is 6.07. The van der Waals surface area contributed by atoms with Gasteiger partial charge in [0.15, 0.2) is 5.78 Å². The van der Waals surface area contributed by atoms with Crippen molar-refractivity contribution in [2.45, 2.75) is 83.4 Å². The third-order valence-corrected chi connectivity index (χ3v) is 5.56. The zero-order chi connectivity index (χ0) is 23.6. The molecule has 0 aliphatic heterocycles. The Morgan fingerprint density at radius 1 is 1.16 bits per heavy atom. The van der Waals surface area contributed by atoms with Gasteiger partial charge in [-0.2, -0.15) is 0 Å². The number of hydrogen-bond acceptors (Lipinski definition) is 6. The number of carbonyl (C=O) groups is 4. The third-order valence-electron chi connectivity index (χ3n) is 5.56. The average molecular weight is 439 g/mol. The topological polar surface area (TPSA) is 151 Å². The van der Waals surface area contributed by atoms with Crippen molar-refractivity contribution in [2.75, 3.05) is 13.1 Å². The number of Topliss-reactive ketones (excluding diaryl/α,β-unsaturated/α-hetero) is 1. The number of unbranched alkanes of at least 4 members (excludes halogenated alkanes) is 4. The molecule has 3 amide bonds. The van der Waals surface area contributed by atoms with E-state index in [0.29, 0.717) is 18.4 Å². The van der Waals surface area contributed by atoms with Crippen molar-refractivity contribution < 1.29 is 24.3 Å². The number of nitrogens with two attached hydrogens (primary N) is 1. The fraction of sp³-hybridized carbons (Fsp3) is 0.727. The normalized spacial score (nSPS) is 21.5. The summed E-state index contributed by atoms with van der Waals surface area (Å²) in [5, 5.41) is 17.6. The Hall–Kier alpha value is -2.26. The molecule has 4 atom stereocenters. The van der Waals surface area contributed by atoms with Gasteiger partial charge in [0, 0.05) is 12.3 Å². The highest BCUT2D eigenvalue weighted by atomic mass is 16.3. The summed E-state index contributed by atoms with van der Waals surface area (Å²) in [7, 11) is 0. The second-order valence-corrected chi connectivity index (χ2v) is 8.43. The number of amides is 3. The van der Waals surface area contributed by atoms with Crippen molar-refractivity contribution in [3.63, 3.8) is 0 Å². The van der Waals surface area contributed by atoms with Gasteiger partial charge in [0.1, 0.15) is 11.6 Å². The van der Waals surface area contributed by atoms with E-state index >= 15 is 0 Å². The van der Waals surface area contributed by atoms with Crippen molar-refractivity contribution in [2.24, 2.45) is 11.7 Å². The van der Waals surface area contributed by atoms with Crippen LogP contribution in [0.4, 0.5) is 0 Å². The van der Waals surface area contributed by atoms with Crippen LogP contribution in [0.5, 0.6) is 0 Å². The van der Waals surface area contributed by atoms with Gasteiger partial charge >= 0.3 is 0 Å². The van der Waals surface area contributed by atoms with Crippen molar-refractivity contribution in [3.8, 4) is 0 Å². The number of aliphatic hydroxyl groups excluding tert-OH is 1. The van der Waals surface area contributed by atoms with Gasteiger partial charge < -0.3 is 26.8 Å². The number of carbonyl (C=O) groups excluding carboxylic acids is 4. The molecule has 1 aliphatic carbocycles. The van der Waals surface area contributed by atoms with Crippen molar-refractivity contribution in [3.05, 3.63) is 12.2 Å². The third kappa shape index (κ3) is 8.06. The fourth-order valence-corrected chi connectivity index (χ4v) is 3.57. The summed E-state index contributed by atoms with van der Waals surface area (Å²) in [6, 6.07) is -1.27. The second kappa shape index (κ2) is 12.6. The molecule has 0 bridgehead atoms. The molecule has 176 valence electrons. The van der Waals surface area contributed by atoms with Gasteiger partial charge in [-0.3, -0.25) is 19.2 Å². The molecule has 9 heteroatoms. The van der Waals surface area contributed by atoms with E-state index in [2.05, 4.69) is 29.5 Å². The van der Waals surface area contributed by atoms with Crippen LogP contribution in [0.1, 0.15) is 65.7 Å². The van der Waals surface area contributed by atoms with Gasteiger partial charge in [-0.05, 0) is 38.8 Å². The molecule has 1 rings (SSSR count). The second-order valence-electron chi connectivity index (χ2n) is 8.43. The summed E-state index contributed by atoms with van der Waals surface area (Å²) in [5.74, 6) is -2.05. The van der Waals surface area contributed by atoms with E-state index in [-0.39, 0.29) is 30.7 Å². The van der Waals surface area contributed by atoms with Gasteiger partial charge in [0.05, 0.1) is 12.6 Å². The Bertz CT molecular complexity index is 679. The first-order chi connectivity index (χ1) is 14.6. The Morgan fingerprint density at radius 2 is 1.81 bits per heavy atom. The van der Waals surface area contributed by atoms with Crippen LogP contribution < -0.4 is 21.7 Å². The van der Waals surface area contributed by atoms with Crippen LogP contribution in [0.15, 0.2) is 12.2 Å². The monoisotopic (exact) mass is 438 g/mol. The smallest absolute Gasteiger partial charge is 0.246 e. The maximum Gasteiger partial charge on any atom is 0.246 e. The van der Waals surface area contributed by atoms with Crippen LogP contribution in [0.3, 0.4) is 0 Å². The van der Waals surface area contributed by atoms with Crippen LogP contribution in [0, 0.1) is 5.92 Å². The van der Waals surface area contributed by atoms with Gasteiger partial charge in [-0.15, -0.1) is 0 Å². The quantitative estimate of drug-likeness (QED) is 0.183. The Balaban J connectivity index is 2.57. The van der Waals surface area contributed by atoms with Crippen molar-refractivity contribution >= 4 is 23.5 Å². The molecule has 0 saturated heterocycles. The maximum absolute atomic E-state index is 12.7. The largest absolute Gasteiger partial charge is 0.391 e. The minimum Gasteiger partial charge on any atom is -0.391 e. The summed E-state index contributed by atoms with van der Waals surface area (Å²) in [5.41, 5.74) is 4.83. The van der Waals surface area contributed by atoms with Crippen LogP contribution in [0.2, 0.25) is 0 Å². The zero-order valence-electron chi connectivity index (χ0n) is 19.0. The maximum atomic E-state index is 12.7. The number of nitrogens with one attached hydrogen (secondary N) is 3. The van der Waals surface area contributed by atoms with E-state index in [0.717, 1.165) is 32.1 Å². The summed E-state index contributed by atoms with van der Waals surface area (Å²) >= 11 is 0. The van der Waals surface area contributed by atoms with Gasteiger partial charge in [-0.1, -0.05) is 39.2 Å². The number of ketones is 1. The van der Waals surface area contributed by atoms with E-state index in [9.17, 15) is 24.3 Å². The summed E-state index contributed by atoms with van der Waals surface area (Å²) < 4.78 is 0. The Morgan fingerprint density at radius 3 is 2.32 bits per heavy atom. The minimum atomic E-state index is -1.27. The lowest BCUT2D eigenvalue weighted by Gasteiger charge is -2.25. The number of rotatable bonds is 15. The van der Waals surface area contributed by atoms with Crippen molar-refractivity contribution in [1.82, 2.24) is 16.0 Å². The molecule has 31 heavy (non-hydrogen) atoms. The molecular formula is C22H38N4O5. The zero-order valence-corrected chi connectivity index (χ0v) is 19.0. The molecule has 3 unspecified atom stereocenters. The molecule has 0 aromatic carbocycles. The van der Waals surface area contributed by atoms with Crippen LogP contribution in [-0.4, -0.2) is 59.4 Å². The molecule has 0 aromatic heterocycles. The molecule has 0 radical (unpaired) electrons. The van der Waals surface area contributed by atoms with Crippen LogP contribution in [-0.2, 0) is 19.2 Å². The van der Waals surface area contributed by atoms with E-state index < -0.39 is 29.5 Å². The number of aliphatic hydroxyl groups is 1. The van der Waals surface area contributed by atoms with E-state index in [1.807, 2.05) is 0 Å². The van der Waals surface area contributed by atoms with Crippen LogP contribution >= 0.6 is 0 Å². The molecule has 9 nitrogen and oxygen atoms in total. The molecule has 1 aliphatic rings. The van der Waals surface area contributed by atoms with Gasteiger partial charge in [0.2, 0.25) is 17.7 Å². The SMILES string of the molecule is C=C(C)C(=O)C1(NC(=O)[C@@H](NC(=O)CNC(=O)CCCCCCC)C(C)O)CC1CN. The lowest BCUT2D eigenvalue weighted by molar-refractivity contribution is -0.134. The standard InChI is InChI=1S/C22H38N4O5/c1-5-6-7-8-9-10-17(28)24-13-18(29)25-19(15(4)27)21(31)26-22(11-16(22)12-23)20(30)14(2)3/h15-16,19,27H,2,5-13,23H2,1,3-4H3,(H,24,28)(H,25,29)(H,26,31)/t15?,16?,19-,22?/m0/s1. The van der Waals surface area contributed by atoms with Crippen molar-refractivity contribution in [1.29, 1.82) is 0 Å². The lowest BCUT2D eigenvalue weighted by atomic mass is 10.0. The highest BCUT2D eigenvalue weighted by Gasteiger charge is 2.60. The molecule has 1 fully saturated rings.